The number of esters is 1. The lowest BCUT2D eigenvalue weighted by molar-refractivity contribution is -0.197. The van der Waals surface area contributed by atoms with E-state index in [2.05, 4.69) is 6.92 Å². The molecule has 0 amide bonds. The highest BCUT2D eigenvalue weighted by Gasteiger charge is 2.67. The number of benzene rings is 2. The molecule has 0 aliphatic heterocycles. The Kier molecular flexibility index (Phi) is 11.9. The first-order valence-electron chi connectivity index (χ1n) is 10.5. The second-order valence-electron chi connectivity index (χ2n) is 7.21. The van der Waals surface area contributed by atoms with Gasteiger partial charge < -0.3 is 4.74 Å². The molecular weight excluding hydrogens is 440 g/mol. The summed E-state index contributed by atoms with van der Waals surface area (Å²) in [6, 6.07) is 13.6. The van der Waals surface area contributed by atoms with Crippen molar-refractivity contribution in [1.29, 1.82) is 0 Å². The molecule has 0 bridgehead atoms. The van der Waals surface area contributed by atoms with Crippen molar-refractivity contribution in [3.8, 4) is 0 Å². The number of carbonyl (C=O) groups excluding carboxylic acids is 2. The van der Waals surface area contributed by atoms with Gasteiger partial charge in [0.05, 0.1) is 6.61 Å². The molecule has 0 saturated heterocycles. The van der Waals surface area contributed by atoms with Gasteiger partial charge in [-0.1, -0.05) is 99.7 Å². The van der Waals surface area contributed by atoms with Gasteiger partial charge in [0.25, 0.3) is 0 Å². The summed E-state index contributed by atoms with van der Waals surface area (Å²) in [7, 11) is 1.72. The predicted octanol–water partition coefficient (Wildman–Crippen LogP) is 6.75. The molecular formula is C24H28F3O4P. The maximum absolute atomic E-state index is 14.4. The first kappa shape index (κ1) is 27.5. The van der Waals surface area contributed by atoms with E-state index in [1.165, 1.54) is 42.5 Å². The van der Waals surface area contributed by atoms with E-state index in [0.717, 1.165) is 44.2 Å². The molecule has 0 fully saturated rings. The standard InChI is InChI=1S/C24H27F3O3.HOP/c1-2-3-4-5-6-13-18-30-22(29)23(24(25,26)27,20-16-11-8-12-17-20)21(28)19-14-9-7-10-15-19;1-2/h7-12,14-17H,2-6,13,18H2,1H3;2H. The second kappa shape index (κ2) is 13.8. The van der Waals surface area contributed by atoms with Gasteiger partial charge >= 0.3 is 12.1 Å². The summed E-state index contributed by atoms with van der Waals surface area (Å²) in [5, 5.41) is 0. The van der Waals surface area contributed by atoms with Crippen LogP contribution in [0.5, 0.6) is 0 Å². The third kappa shape index (κ3) is 6.73. The van der Waals surface area contributed by atoms with Gasteiger partial charge in [-0.15, -0.1) is 0 Å². The highest BCUT2D eigenvalue weighted by atomic mass is 31.0. The largest absolute Gasteiger partial charge is 0.464 e. The molecule has 32 heavy (non-hydrogen) atoms. The second-order valence-corrected chi connectivity index (χ2v) is 7.21. The van der Waals surface area contributed by atoms with Gasteiger partial charge in [-0.25, -0.2) is 0 Å². The fourth-order valence-electron chi connectivity index (χ4n) is 3.40. The first-order chi connectivity index (χ1) is 15.4. The minimum Gasteiger partial charge on any atom is -0.464 e. The van der Waals surface area contributed by atoms with E-state index in [4.69, 9.17) is 9.30 Å². The summed E-state index contributed by atoms with van der Waals surface area (Å²) in [5.74, 6) is -2.92. The minimum absolute atomic E-state index is 0.155. The quantitative estimate of drug-likeness (QED) is 0.120. The molecule has 8 heteroatoms. The molecule has 0 aromatic heterocycles. The van der Waals surface area contributed by atoms with E-state index in [9.17, 15) is 22.8 Å². The normalized spacial score (nSPS) is 12.8. The molecule has 0 radical (unpaired) electrons. The van der Waals surface area contributed by atoms with Gasteiger partial charge in [-0.3, -0.25) is 14.2 Å². The Bertz CT molecular complexity index is 828. The third-order valence-electron chi connectivity index (χ3n) is 5.05. The summed E-state index contributed by atoms with van der Waals surface area (Å²) in [6.45, 7) is 1.93. The molecule has 2 rings (SSSR count). The minimum atomic E-state index is -5.17. The Hall–Kier alpha value is -2.53. The van der Waals surface area contributed by atoms with Gasteiger partial charge in [0.1, 0.15) is 9.12 Å². The molecule has 174 valence electrons. The Balaban J connectivity index is 0.00000249. The number of halogens is 3. The highest BCUT2D eigenvalue weighted by Crippen LogP contribution is 2.45. The van der Waals surface area contributed by atoms with Gasteiger partial charge in [0.15, 0.2) is 5.78 Å². The van der Waals surface area contributed by atoms with E-state index in [1.807, 2.05) is 0 Å². The Morgan fingerprint density at radius 2 is 1.31 bits per heavy atom. The van der Waals surface area contributed by atoms with Crippen LogP contribution in [-0.2, 0) is 19.5 Å². The maximum Gasteiger partial charge on any atom is 0.416 e. The van der Waals surface area contributed by atoms with Gasteiger partial charge in [0.2, 0.25) is 5.41 Å². The Morgan fingerprint density at radius 1 is 0.812 bits per heavy atom. The summed E-state index contributed by atoms with van der Waals surface area (Å²) >= 11 is 0. The van der Waals surface area contributed by atoms with Crippen LogP contribution in [0.3, 0.4) is 0 Å². The zero-order chi connectivity index (χ0) is 24.0. The van der Waals surface area contributed by atoms with Crippen molar-refractivity contribution in [3.63, 3.8) is 0 Å². The number of hydrogen-bond donors (Lipinski definition) is 0. The molecule has 2 aromatic carbocycles. The van der Waals surface area contributed by atoms with Crippen LogP contribution in [0.4, 0.5) is 13.2 Å². The van der Waals surface area contributed by atoms with E-state index in [1.54, 1.807) is 15.2 Å². The summed E-state index contributed by atoms with van der Waals surface area (Å²) in [4.78, 5) is 26.0. The van der Waals surface area contributed by atoms with Gasteiger partial charge in [-0.2, -0.15) is 13.2 Å². The Labute approximate surface area is 188 Å². The zero-order valence-corrected chi connectivity index (χ0v) is 19.0. The van der Waals surface area contributed by atoms with Crippen molar-refractivity contribution in [2.24, 2.45) is 0 Å². The first-order valence-corrected chi connectivity index (χ1v) is 10.9. The smallest absolute Gasteiger partial charge is 0.416 e. The molecule has 2 aromatic rings. The summed E-state index contributed by atoms with van der Waals surface area (Å²) in [5.41, 5.74) is -4.05. The van der Waals surface area contributed by atoms with Crippen molar-refractivity contribution in [2.45, 2.75) is 57.0 Å². The molecule has 0 heterocycles. The van der Waals surface area contributed by atoms with E-state index >= 15 is 0 Å². The number of Topliss-reactive ketones (excluding diaryl/α,β-unsaturated/α-hetero) is 1. The fourth-order valence-corrected chi connectivity index (χ4v) is 3.40. The molecule has 0 aliphatic rings. The fraction of sp³-hybridized carbons (Fsp3) is 0.417. The van der Waals surface area contributed by atoms with Crippen LogP contribution in [0, 0.1) is 0 Å². The predicted molar refractivity (Wildman–Crippen MR) is 118 cm³/mol. The molecule has 0 spiro atoms. The maximum atomic E-state index is 14.4. The highest BCUT2D eigenvalue weighted by molar-refractivity contribution is 7.00. The number of unbranched alkanes of at least 4 members (excludes halogenated alkanes) is 5. The lowest BCUT2D eigenvalue weighted by atomic mass is 9.73. The van der Waals surface area contributed by atoms with Crippen molar-refractivity contribution >= 4 is 20.9 Å². The molecule has 0 N–H and O–H groups in total. The topological polar surface area (TPSA) is 60.4 Å². The van der Waals surface area contributed by atoms with Crippen molar-refractivity contribution in [1.82, 2.24) is 0 Å². The van der Waals surface area contributed by atoms with Crippen LogP contribution in [0.2, 0.25) is 0 Å². The van der Waals surface area contributed by atoms with Crippen LogP contribution in [0.1, 0.15) is 61.4 Å². The van der Waals surface area contributed by atoms with Crippen LogP contribution < -0.4 is 0 Å². The molecule has 1 atom stereocenters. The zero-order valence-electron chi connectivity index (χ0n) is 18.0. The molecule has 0 aliphatic carbocycles. The SMILES string of the molecule is CCCCCCCCOC(=O)C(C(=O)c1ccccc1)(c1ccccc1)C(F)(F)F.O=P. The van der Waals surface area contributed by atoms with Gasteiger partial charge in [-0.05, 0) is 12.0 Å². The van der Waals surface area contributed by atoms with Crippen LogP contribution >= 0.6 is 9.12 Å². The van der Waals surface area contributed by atoms with Crippen LogP contribution in [0.15, 0.2) is 60.7 Å². The average Bonchev–Trinajstić information content (AvgIpc) is 2.80. The number of carbonyl (C=O) groups is 2. The van der Waals surface area contributed by atoms with E-state index in [-0.39, 0.29) is 12.2 Å². The number of ketones is 1. The van der Waals surface area contributed by atoms with E-state index in [0.29, 0.717) is 6.42 Å². The van der Waals surface area contributed by atoms with Crippen molar-refractivity contribution in [3.05, 3.63) is 71.8 Å². The van der Waals surface area contributed by atoms with Crippen molar-refractivity contribution in [2.75, 3.05) is 6.61 Å². The third-order valence-corrected chi connectivity index (χ3v) is 5.05. The van der Waals surface area contributed by atoms with Crippen LogP contribution in [0.25, 0.3) is 0 Å². The van der Waals surface area contributed by atoms with Gasteiger partial charge in [0, 0.05) is 5.56 Å². The number of alkyl halides is 3. The summed E-state index contributed by atoms with van der Waals surface area (Å²) in [6.07, 6.45) is 0.185. The van der Waals surface area contributed by atoms with Crippen LogP contribution in [-0.4, -0.2) is 24.5 Å². The summed E-state index contributed by atoms with van der Waals surface area (Å²) < 4.78 is 56.4. The molecule has 0 saturated carbocycles. The Morgan fingerprint density at radius 3 is 1.84 bits per heavy atom. The molecule has 1 unspecified atom stereocenters. The number of hydrogen-bond acceptors (Lipinski definition) is 4. The van der Waals surface area contributed by atoms with Crippen molar-refractivity contribution < 1.29 is 32.1 Å². The number of ether oxygens (including phenoxy) is 1. The average molecular weight is 468 g/mol. The van der Waals surface area contributed by atoms with E-state index < -0.39 is 28.9 Å². The number of rotatable bonds is 11. The molecule has 4 nitrogen and oxygen atoms in total. The monoisotopic (exact) mass is 468 g/mol. The lowest BCUT2D eigenvalue weighted by Gasteiger charge is -2.32. The lowest BCUT2D eigenvalue weighted by Crippen LogP contribution is -2.56.